The molecule has 2 N–H and O–H groups in total. The number of hydrogen-bond donors (Lipinski definition) is 1. The zero-order valence-corrected chi connectivity index (χ0v) is 15.6. The highest BCUT2D eigenvalue weighted by molar-refractivity contribution is 8.13. The quantitative estimate of drug-likeness (QED) is 0.424. The topological polar surface area (TPSA) is 60.0 Å². The van der Waals surface area contributed by atoms with Crippen molar-refractivity contribution in [2.24, 2.45) is 21.9 Å². The van der Waals surface area contributed by atoms with Crippen LogP contribution in [0.4, 0.5) is 0 Å². The number of ether oxygens (including phenoxy) is 1. The fraction of sp³-hybridized carbons (Fsp3) is 0.300. The second-order valence-corrected chi connectivity index (χ2v) is 7.06. The number of hydrogen-bond acceptors (Lipinski definition) is 4. The minimum absolute atomic E-state index is 0.449. The van der Waals surface area contributed by atoms with Gasteiger partial charge in [0.1, 0.15) is 5.75 Å². The Kier molecular flexibility index (Phi) is 8.05. The fourth-order valence-corrected chi connectivity index (χ4v) is 2.62. The molecule has 0 aliphatic carbocycles. The molecule has 0 heterocycles. The molecule has 0 saturated heterocycles. The van der Waals surface area contributed by atoms with Gasteiger partial charge in [0.25, 0.3) is 0 Å². The fourth-order valence-electron chi connectivity index (χ4n) is 2.01. The summed E-state index contributed by atoms with van der Waals surface area (Å²) in [7, 11) is 0. The van der Waals surface area contributed by atoms with E-state index in [2.05, 4.69) is 36.2 Å². The second-order valence-electron chi connectivity index (χ2n) is 6.06. The Morgan fingerprint density at radius 3 is 2.72 bits per heavy atom. The molecule has 4 nitrogen and oxygen atoms in total. The van der Waals surface area contributed by atoms with Gasteiger partial charge in [0.05, 0.1) is 12.8 Å². The lowest BCUT2D eigenvalue weighted by Crippen LogP contribution is -2.06. The summed E-state index contributed by atoms with van der Waals surface area (Å²) in [6.07, 6.45) is 2.73. The van der Waals surface area contributed by atoms with E-state index in [9.17, 15) is 0 Å². The van der Waals surface area contributed by atoms with Crippen LogP contribution >= 0.6 is 11.8 Å². The maximum atomic E-state index is 5.88. The van der Waals surface area contributed by atoms with Crippen LogP contribution in [0.3, 0.4) is 0 Å². The van der Waals surface area contributed by atoms with Crippen LogP contribution in [-0.4, -0.2) is 18.0 Å². The summed E-state index contributed by atoms with van der Waals surface area (Å²) >= 11 is 1.47. The molecule has 2 aromatic rings. The third-order valence-electron chi connectivity index (χ3n) is 3.41. The first-order chi connectivity index (χ1) is 12.1. The molecule has 0 amide bonds. The summed E-state index contributed by atoms with van der Waals surface area (Å²) in [5.74, 6) is 2.26. The summed E-state index contributed by atoms with van der Waals surface area (Å²) in [4.78, 5) is 0. The summed E-state index contributed by atoms with van der Waals surface area (Å²) < 4.78 is 5.75. The summed E-state index contributed by atoms with van der Waals surface area (Å²) in [5.41, 5.74) is 8.03. The van der Waals surface area contributed by atoms with Gasteiger partial charge in [0.2, 0.25) is 0 Å². The molecule has 5 heteroatoms. The lowest BCUT2D eigenvalue weighted by atomic mass is 10.1. The molecule has 0 aliphatic heterocycles. The average molecular weight is 356 g/mol. The van der Waals surface area contributed by atoms with Crippen LogP contribution in [0.25, 0.3) is 0 Å². The van der Waals surface area contributed by atoms with E-state index in [4.69, 9.17) is 10.5 Å². The number of benzene rings is 2. The predicted molar refractivity (Wildman–Crippen MR) is 108 cm³/mol. The van der Waals surface area contributed by atoms with E-state index < -0.39 is 0 Å². The summed E-state index contributed by atoms with van der Waals surface area (Å²) in [6.45, 7) is 5.09. The van der Waals surface area contributed by atoms with Crippen LogP contribution < -0.4 is 10.5 Å². The molecule has 2 rings (SSSR count). The molecule has 0 bridgehead atoms. The first-order valence-electron chi connectivity index (χ1n) is 8.39. The molecule has 0 aromatic heterocycles. The van der Waals surface area contributed by atoms with Crippen molar-refractivity contribution in [3.8, 4) is 5.75 Å². The molecule has 0 fully saturated rings. The van der Waals surface area contributed by atoms with Crippen LogP contribution in [0.2, 0.25) is 0 Å². The highest BCUT2D eigenvalue weighted by Gasteiger charge is 1.98. The van der Waals surface area contributed by atoms with Crippen molar-refractivity contribution < 1.29 is 4.74 Å². The van der Waals surface area contributed by atoms with Crippen LogP contribution in [0, 0.1) is 5.92 Å². The number of rotatable bonds is 8. The van der Waals surface area contributed by atoms with E-state index in [1.54, 1.807) is 6.21 Å². The maximum absolute atomic E-state index is 5.88. The molecule has 132 valence electrons. The van der Waals surface area contributed by atoms with Crippen molar-refractivity contribution in [2.75, 3.05) is 6.61 Å². The molecule has 0 aliphatic rings. The van der Waals surface area contributed by atoms with Crippen molar-refractivity contribution in [1.29, 1.82) is 0 Å². The van der Waals surface area contributed by atoms with Gasteiger partial charge < -0.3 is 10.5 Å². The Bertz CT molecular complexity index is 699. The molecule has 0 radical (unpaired) electrons. The van der Waals surface area contributed by atoms with Gasteiger partial charge in [-0.15, -0.1) is 5.10 Å². The Balaban J connectivity index is 1.83. The van der Waals surface area contributed by atoms with Crippen molar-refractivity contribution in [3.63, 3.8) is 0 Å². The largest absolute Gasteiger partial charge is 0.494 e. The summed E-state index contributed by atoms with van der Waals surface area (Å²) in [6, 6.07) is 18.0. The third kappa shape index (κ3) is 7.90. The lowest BCUT2D eigenvalue weighted by molar-refractivity contribution is 0.289. The van der Waals surface area contributed by atoms with Crippen LogP contribution in [0.5, 0.6) is 5.75 Å². The van der Waals surface area contributed by atoms with Gasteiger partial charge in [-0.3, -0.25) is 0 Å². The number of amidine groups is 1. The first-order valence-corrected chi connectivity index (χ1v) is 9.38. The number of nitrogens with zero attached hydrogens (tertiary/aromatic N) is 2. The first kappa shape index (κ1) is 19.1. The van der Waals surface area contributed by atoms with Crippen molar-refractivity contribution >= 4 is 23.1 Å². The highest BCUT2D eigenvalue weighted by atomic mass is 32.2. The average Bonchev–Trinajstić information content (AvgIpc) is 2.61. The van der Waals surface area contributed by atoms with Gasteiger partial charge in [-0.05, 0) is 35.6 Å². The Morgan fingerprint density at radius 1 is 1.16 bits per heavy atom. The van der Waals surface area contributed by atoms with E-state index >= 15 is 0 Å². The Hall–Kier alpha value is -2.27. The SMILES string of the molecule is CC(C)CCOc1cccc(C=NN=C(N)SCc2ccccc2)c1. The highest BCUT2D eigenvalue weighted by Crippen LogP contribution is 2.14. The van der Waals surface area contributed by atoms with Crippen LogP contribution in [0.1, 0.15) is 31.4 Å². The molecule has 25 heavy (non-hydrogen) atoms. The zero-order chi connectivity index (χ0) is 17.9. The van der Waals surface area contributed by atoms with E-state index in [1.807, 2.05) is 42.5 Å². The number of nitrogens with two attached hydrogens (primary N) is 1. The predicted octanol–water partition coefficient (Wildman–Crippen LogP) is 4.69. The minimum atomic E-state index is 0.449. The lowest BCUT2D eigenvalue weighted by Gasteiger charge is -2.08. The third-order valence-corrected chi connectivity index (χ3v) is 4.27. The smallest absolute Gasteiger partial charge is 0.180 e. The van der Waals surface area contributed by atoms with E-state index in [1.165, 1.54) is 17.3 Å². The van der Waals surface area contributed by atoms with Gasteiger partial charge in [-0.2, -0.15) is 5.10 Å². The van der Waals surface area contributed by atoms with Crippen molar-refractivity contribution in [1.82, 2.24) is 0 Å². The van der Waals surface area contributed by atoms with Gasteiger partial charge >= 0.3 is 0 Å². The monoisotopic (exact) mass is 355 g/mol. The molecule has 0 spiro atoms. The molecule has 0 saturated carbocycles. The molecular formula is C20H25N3OS. The number of thioether (sulfide) groups is 1. The molecule has 0 atom stereocenters. The van der Waals surface area contributed by atoms with Crippen molar-refractivity contribution in [2.45, 2.75) is 26.0 Å². The van der Waals surface area contributed by atoms with Gasteiger partial charge in [-0.1, -0.05) is 68.1 Å². The van der Waals surface area contributed by atoms with Crippen LogP contribution in [0.15, 0.2) is 64.8 Å². The van der Waals surface area contributed by atoms with Gasteiger partial charge in [0, 0.05) is 5.75 Å². The zero-order valence-electron chi connectivity index (χ0n) is 14.8. The minimum Gasteiger partial charge on any atom is -0.494 e. The standard InChI is InChI=1S/C20H25N3OS/c1-16(2)11-12-24-19-10-6-9-18(13-19)14-22-23-20(21)25-15-17-7-4-3-5-8-17/h3-10,13-14,16H,11-12,15H2,1-2H3,(H2,21,23). The van der Waals surface area contributed by atoms with E-state index in [0.717, 1.165) is 30.1 Å². The normalized spacial score (nSPS) is 12.0. The molecular weight excluding hydrogens is 330 g/mol. The van der Waals surface area contributed by atoms with E-state index in [-0.39, 0.29) is 0 Å². The Morgan fingerprint density at radius 2 is 1.96 bits per heavy atom. The second kappa shape index (κ2) is 10.6. The maximum Gasteiger partial charge on any atom is 0.180 e. The van der Waals surface area contributed by atoms with Crippen molar-refractivity contribution in [3.05, 3.63) is 65.7 Å². The van der Waals surface area contributed by atoms with E-state index in [0.29, 0.717) is 11.1 Å². The van der Waals surface area contributed by atoms with Gasteiger partial charge in [-0.25, -0.2) is 0 Å². The summed E-state index contributed by atoms with van der Waals surface area (Å²) in [5, 5.41) is 8.55. The van der Waals surface area contributed by atoms with Gasteiger partial charge in [0.15, 0.2) is 5.17 Å². The molecule has 2 aromatic carbocycles. The molecule has 0 unspecified atom stereocenters. The van der Waals surface area contributed by atoms with Crippen LogP contribution in [-0.2, 0) is 5.75 Å². The Labute approximate surface area is 154 Å².